The van der Waals surface area contributed by atoms with Crippen molar-refractivity contribution < 1.29 is 0 Å². The molecule has 18 heavy (non-hydrogen) atoms. The molecule has 2 heteroatoms. The molecule has 0 radical (unpaired) electrons. The van der Waals surface area contributed by atoms with Crippen molar-refractivity contribution in [1.29, 1.82) is 0 Å². The summed E-state index contributed by atoms with van der Waals surface area (Å²) >= 11 is 1.85. The zero-order valence-electron chi connectivity index (χ0n) is 10.7. The fourth-order valence-corrected chi connectivity index (χ4v) is 2.84. The van der Waals surface area contributed by atoms with Gasteiger partial charge in [-0.25, -0.2) is 0 Å². The summed E-state index contributed by atoms with van der Waals surface area (Å²) in [6.45, 7) is 0.707. The average molecular weight is 257 g/mol. The first-order valence-corrected chi connectivity index (χ1v) is 7.59. The van der Waals surface area contributed by atoms with Gasteiger partial charge in [-0.15, -0.1) is 0 Å². The molecular formula is C16H19NS. The zero-order chi connectivity index (χ0) is 12.8. The minimum atomic E-state index is 0.448. The zero-order valence-corrected chi connectivity index (χ0v) is 11.5. The van der Waals surface area contributed by atoms with Crippen LogP contribution in [0.1, 0.15) is 11.5 Å². The van der Waals surface area contributed by atoms with Gasteiger partial charge in [-0.3, -0.25) is 0 Å². The Kier molecular flexibility index (Phi) is 4.85. The summed E-state index contributed by atoms with van der Waals surface area (Å²) < 4.78 is 0. The smallest absolute Gasteiger partial charge is 0.00520 e. The second kappa shape index (κ2) is 6.62. The molecule has 1 atom stereocenters. The molecule has 0 aliphatic rings. The lowest BCUT2D eigenvalue weighted by atomic mass is 9.96. The van der Waals surface area contributed by atoms with Crippen LogP contribution in [0.5, 0.6) is 0 Å². The van der Waals surface area contributed by atoms with Gasteiger partial charge in [-0.1, -0.05) is 54.6 Å². The van der Waals surface area contributed by atoms with Crippen molar-refractivity contribution >= 4 is 11.8 Å². The highest BCUT2D eigenvalue weighted by atomic mass is 32.2. The van der Waals surface area contributed by atoms with E-state index in [4.69, 9.17) is 5.73 Å². The molecule has 94 valence electrons. The topological polar surface area (TPSA) is 26.0 Å². The van der Waals surface area contributed by atoms with Crippen LogP contribution in [0.15, 0.2) is 54.6 Å². The summed E-state index contributed by atoms with van der Waals surface area (Å²) in [5, 5.41) is 0. The summed E-state index contributed by atoms with van der Waals surface area (Å²) in [5.41, 5.74) is 9.74. The van der Waals surface area contributed by atoms with Crippen molar-refractivity contribution in [2.75, 3.05) is 18.6 Å². The highest BCUT2D eigenvalue weighted by molar-refractivity contribution is 7.98. The van der Waals surface area contributed by atoms with E-state index in [2.05, 4.69) is 54.8 Å². The van der Waals surface area contributed by atoms with Crippen LogP contribution in [0.4, 0.5) is 0 Å². The van der Waals surface area contributed by atoms with Gasteiger partial charge in [-0.2, -0.15) is 11.8 Å². The van der Waals surface area contributed by atoms with Gasteiger partial charge in [0.15, 0.2) is 0 Å². The number of hydrogen-bond donors (Lipinski definition) is 1. The Morgan fingerprint density at radius 2 is 1.72 bits per heavy atom. The molecular weight excluding hydrogens is 238 g/mol. The SMILES string of the molecule is CSC[C@@H](CN)c1cccc(-c2ccccc2)c1. The van der Waals surface area contributed by atoms with Gasteiger partial charge in [0.2, 0.25) is 0 Å². The first-order chi connectivity index (χ1) is 8.85. The predicted octanol–water partition coefficient (Wildman–Crippen LogP) is 3.76. The van der Waals surface area contributed by atoms with Gasteiger partial charge in [0.25, 0.3) is 0 Å². The standard InChI is InChI=1S/C16H19NS/c1-18-12-16(11-17)15-9-5-8-14(10-15)13-6-3-2-4-7-13/h2-10,16H,11-12,17H2,1H3/t16-/m1/s1. The molecule has 0 aliphatic carbocycles. The van der Waals surface area contributed by atoms with E-state index in [9.17, 15) is 0 Å². The van der Waals surface area contributed by atoms with Gasteiger partial charge < -0.3 is 5.73 Å². The highest BCUT2D eigenvalue weighted by Crippen LogP contribution is 2.25. The van der Waals surface area contributed by atoms with Crippen LogP contribution in [0, 0.1) is 0 Å². The molecule has 0 fully saturated rings. The maximum atomic E-state index is 5.87. The lowest BCUT2D eigenvalue weighted by Crippen LogP contribution is -2.14. The minimum Gasteiger partial charge on any atom is -0.330 e. The molecule has 0 aliphatic heterocycles. The predicted molar refractivity (Wildman–Crippen MR) is 82.1 cm³/mol. The van der Waals surface area contributed by atoms with E-state index in [0.29, 0.717) is 12.5 Å². The Balaban J connectivity index is 2.30. The van der Waals surface area contributed by atoms with E-state index in [1.165, 1.54) is 16.7 Å². The van der Waals surface area contributed by atoms with E-state index < -0.39 is 0 Å². The summed E-state index contributed by atoms with van der Waals surface area (Å²) in [4.78, 5) is 0. The molecule has 0 unspecified atom stereocenters. The van der Waals surface area contributed by atoms with Gasteiger partial charge in [0, 0.05) is 11.7 Å². The monoisotopic (exact) mass is 257 g/mol. The Bertz CT molecular complexity index is 481. The third-order valence-electron chi connectivity index (χ3n) is 3.12. The van der Waals surface area contributed by atoms with Crippen LogP contribution in [0.2, 0.25) is 0 Å². The van der Waals surface area contributed by atoms with Gasteiger partial charge >= 0.3 is 0 Å². The third-order valence-corrected chi connectivity index (χ3v) is 3.85. The average Bonchev–Trinajstić information content (AvgIpc) is 2.46. The molecule has 0 saturated carbocycles. The van der Waals surface area contributed by atoms with Crippen LogP contribution < -0.4 is 5.73 Å². The number of hydrogen-bond acceptors (Lipinski definition) is 2. The van der Waals surface area contributed by atoms with Crippen molar-refractivity contribution in [3.05, 3.63) is 60.2 Å². The number of benzene rings is 2. The fourth-order valence-electron chi connectivity index (χ4n) is 2.10. The van der Waals surface area contributed by atoms with Crippen LogP contribution in [-0.2, 0) is 0 Å². The van der Waals surface area contributed by atoms with Crippen molar-refractivity contribution in [3.8, 4) is 11.1 Å². The molecule has 1 nitrogen and oxygen atoms in total. The molecule has 2 aromatic rings. The molecule has 0 bridgehead atoms. The molecule has 0 amide bonds. The minimum absolute atomic E-state index is 0.448. The van der Waals surface area contributed by atoms with E-state index in [-0.39, 0.29) is 0 Å². The van der Waals surface area contributed by atoms with Crippen molar-refractivity contribution in [2.45, 2.75) is 5.92 Å². The van der Waals surface area contributed by atoms with Crippen LogP contribution in [-0.4, -0.2) is 18.6 Å². The Labute approximate surface area is 113 Å². The maximum Gasteiger partial charge on any atom is 0.00520 e. The van der Waals surface area contributed by atoms with Crippen molar-refractivity contribution in [1.82, 2.24) is 0 Å². The summed E-state index contributed by atoms with van der Waals surface area (Å²) in [5.74, 6) is 1.53. The molecule has 2 N–H and O–H groups in total. The molecule has 2 rings (SSSR count). The second-order valence-corrected chi connectivity index (χ2v) is 5.29. The van der Waals surface area contributed by atoms with Crippen molar-refractivity contribution in [2.24, 2.45) is 5.73 Å². The lowest BCUT2D eigenvalue weighted by molar-refractivity contribution is 0.786. The largest absolute Gasteiger partial charge is 0.330 e. The molecule has 0 aromatic heterocycles. The van der Waals surface area contributed by atoms with E-state index in [1.807, 2.05) is 17.8 Å². The molecule has 2 aromatic carbocycles. The van der Waals surface area contributed by atoms with E-state index >= 15 is 0 Å². The van der Waals surface area contributed by atoms with E-state index in [1.54, 1.807) is 0 Å². The first-order valence-electron chi connectivity index (χ1n) is 6.19. The van der Waals surface area contributed by atoms with Crippen molar-refractivity contribution in [3.63, 3.8) is 0 Å². The van der Waals surface area contributed by atoms with Gasteiger partial charge in [0.1, 0.15) is 0 Å². The maximum absolute atomic E-state index is 5.87. The van der Waals surface area contributed by atoms with Crippen LogP contribution >= 0.6 is 11.8 Å². The van der Waals surface area contributed by atoms with Gasteiger partial charge in [0.05, 0.1) is 0 Å². The number of nitrogens with two attached hydrogens (primary N) is 1. The molecule has 0 spiro atoms. The van der Waals surface area contributed by atoms with Crippen LogP contribution in [0.25, 0.3) is 11.1 Å². The quantitative estimate of drug-likeness (QED) is 0.882. The number of thioether (sulfide) groups is 1. The lowest BCUT2D eigenvalue weighted by Gasteiger charge is -2.15. The summed E-state index contributed by atoms with van der Waals surface area (Å²) in [6.07, 6.45) is 2.13. The Morgan fingerprint density at radius 1 is 1.00 bits per heavy atom. The summed E-state index contributed by atoms with van der Waals surface area (Å²) in [7, 11) is 0. The van der Waals surface area contributed by atoms with Gasteiger partial charge in [-0.05, 0) is 29.5 Å². The fraction of sp³-hybridized carbons (Fsp3) is 0.250. The normalized spacial score (nSPS) is 12.3. The van der Waals surface area contributed by atoms with Crippen LogP contribution in [0.3, 0.4) is 0 Å². The Hall–Kier alpha value is -1.25. The first kappa shape index (κ1) is 13.2. The Morgan fingerprint density at radius 3 is 2.39 bits per heavy atom. The molecule has 0 saturated heterocycles. The second-order valence-electron chi connectivity index (χ2n) is 4.38. The number of rotatable bonds is 5. The highest BCUT2D eigenvalue weighted by Gasteiger charge is 2.09. The summed E-state index contributed by atoms with van der Waals surface area (Å²) in [6, 6.07) is 19.2. The van der Waals surface area contributed by atoms with E-state index in [0.717, 1.165) is 5.75 Å². The molecule has 0 heterocycles. The third kappa shape index (κ3) is 3.15.